The van der Waals surface area contributed by atoms with E-state index in [0.29, 0.717) is 28.3 Å². The Bertz CT molecular complexity index is 3150. The number of hydrogen-bond donors (Lipinski definition) is 0. The zero-order valence-corrected chi connectivity index (χ0v) is 29.0. The van der Waals surface area contributed by atoms with Crippen LogP contribution in [0.3, 0.4) is 0 Å². The summed E-state index contributed by atoms with van der Waals surface area (Å²) in [5.41, 5.74) is 11.2. The third-order valence-electron chi connectivity index (χ3n) is 10.3. The van der Waals surface area contributed by atoms with Crippen LogP contribution in [0.1, 0.15) is 0 Å². The molecule has 0 N–H and O–H groups in total. The van der Waals surface area contributed by atoms with Crippen LogP contribution in [-0.4, -0.2) is 14.1 Å². The zero-order valence-electron chi connectivity index (χ0n) is 29.0. The van der Waals surface area contributed by atoms with Crippen molar-refractivity contribution in [2.75, 3.05) is 0 Å². The molecule has 0 saturated heterocycles. The topological polar surface area (TPSA) is 31.5 Å². The molecule has 0 radical (unpaired) electrons. The maximum atomic E-state index is 8.67. The summed E-state index contributed by atoms with van der Waals surface area (Å²) < 4.78 is 4.69. The monoisotopic (exact) mass is 687 g/mol. The Balaban J connectivity index is 1.42. The van der Waals surface area contributed by atoms with Gasteiger partial charge in [0.2, 0.25) is 11.4 Å². The first-order chi connectivity index (χ1) is 26.8. The van der Waals surface area contributed by atoms with Crippen LogP contribution in [0.25, 0.3) is 98.3 Å². The maximum Gasteiger partial charge on any atom is 0.210 e. The van der Waals surface area contributed by atoms with Crippen molar-refractivity contribution < 1.29 is 0 Å². The lowest BCUT2D eigenvalue weighted by Crippen LogP contribution is -1.98. The highest BCUT2D eigenvalue weighted by atomic mass is 15.0. The molecular weight excluding hydrogens is 659 g/mol. The van der Waals surface area contributed by atoms with E-state index < -0.39 is 0 Å². The fourth-order valence-corrected chi connectivity index (χ4v) is 8.13. The number of hydrogen-bond acceptors (Lipinski definition) is 1. The molecule has 0 saturated carbocycles. The van der Waals surface area contributed by atoms with Crippen molar-refractivity contribution in [2.45, 2.75) is 0 Å². The summed E-state index contributed by atoms with van der Waals surface area (Å²) in [5, 5.41) is 4.51. The van der Waals surface area contributed by atoms with Crippen LogP contribution in [0.15, 0.2) is 176 Å². The number of nitrogens with zero attached hydrogens (tertiary/aromatic N) is 5. The van der Waals surface area contributed by atoms with Crippen LogP contribution in [0.4, 0.5) is 11.4 Å². The number of rotatable bonds is 5. The quantitative estimate of drug-likeness (QED) is 0.166. The minimum absolute atomic E-state index is 0.354. The maximum absolute atomic E-state index is 8.67. The molecule has 54 heavy (non-hydrogen) atoms. The molecule has 250 valence electrons. The van der Waals surface area contributed by atoms with Crippen molar-refractivity contribution in [1.29, 1.82) is 0 Å². The third kappa shape index (κ3) is 4.60. The molecule has 0 fully saturated rings. The van der Waals surface area contributed by atoms with Gasteiger partial charge < -0.3 is 9.13 Å². The first-order valence-corrected chi connectivity index (χ1v) is 17.8. The lowest BCUT2D eigenvalue weighted by molar-refractivity contribution is 1.17. The van der Waals surface area contributed by atoms with Gasteiger partial charge in [-0.3, -0.25) is 4.98 Å². The average molecular weight is 688 g/mol. The molecule has 0 aliphatic heterocycles. The summed E-state index contributed by atoms with van der Waals surface area (Å²) >= 11 is 0. The highest BCUT2D eigenvalue weighted by Gasteiger charge is 2.27. The first kappa shape index (κ1) is 31.0. The van der Waals surface area contributed by atoms with Crippen LogP contribution < -0.4 is 0 Å². The van der Waals surface area contributed by atoms with Gasteiger partial charge >= 0.3 is 0 Å². The second-order valence-electron chi connectivity index (χ2n) is 13.3. The molecule has 10 aromatic rings. The highest BCUT2D eigenvalue weighted by Crippen LogP contribution is 2.51. The van der Waals surface area contributed by atoms with E-state index in [9.17, 15) is 0 Å². The van der Waals surface area contributed by atoms with E-state index in [-0.39, 0.29) is 0 Å². The Morgan fingerprint density at radius 2 is 0.944 bits per heavy atom. The minimum Gasteiger partial charge on any atom is -0.309 e. The number of para-hydroxylation sites is 4. The van der Waals surface area contributed by atoms with Crippen molar-refractivity contribution in [1.82, 2.24) is 14.1 Å². The molecule has 0 amide bonds. The molecule has 0 spiro atoms. The molecular formula is C49H29N5. The van der Waals surface area contributed by atoms with Crippen LogP contribution in [0, 0.1) is 13.1 Å². The largest absolute Gasteiger partial charge is 0.309 e. The smallest absolute Gasteiger partial charge is 0.210 e. The summed E-state index contributed by atoms with van der Waals surface area (Å²) in [6.07, 6.45) is 0. The number of fused-ring (bicyclic) bond motifs is 7. The standard InChI is InChI=1S/C49H29N5/c1-50-46-42(32-18-7-3-8-19-32)47(51-2)45(52-44(46)33-20-9-4-10-21-33)39-28-17-27-38-43-41(54(48(38)39)35-24-13-6-14-25-35)31-30-37-36-26-15-16-29-40(36)53(49(37)43)34-22-11-5-12-23-34/h3-31H. The van der Waals surface area contributed by atoms with Gasteiger partial charge in [-0.1, -0.05) is 140 Å². The predicted molar refractivity (Wildman–Crippen MR) is 222 cm³/mol. The van der Waals surface area contributed by atoms with E-state index in [1.54, 1.807) is 0 Å². The minimum atomic E-state index is 0.354. The van der Waals surface area contributed by atoms with Crippen LogP contribution >= 0.6 is 0 Å². The number of aromatic nitrogens is 3. The molecule has 3 aromatic heterocycles. The Kier molecular flexibility index (Phi) is 7.18. The summed E-state index contributed by atoms with van der Waals surface area (Å²) in [6, 6.07) is 60.0. The van der Waals surface area contributed by atoms with Gasteiger partial charge in [-0.25, -0.2) is 9.69 Å². The fraction of sp³-hybridized carbons (Fsp3) is 0. The van der Waals surface area contributed by atoms with E-state index >= 15 is 0 Å². The van der Waals surface area contributed by atoms with E-state index in [1.165, 1.54) is 10.8 Å². The fourth-order valence-electron chi connectivity index (χ4n) is 8.13. The summed E-state index contributed by atoms with van der Waals surface area (Å²) in [7, 11) is 0. The average Bonchev–Trinajstić information content (AvgIpc) is 3.77. The molecule has 10 rings (SSSR count). The summed E-state index contributed by atoms with van der Waals surface area (Å²) in [6.45, 7) is 17.1. The lowest BCUT2D eigenvalue weighted by Gasteiger charge is -2.18. The molecule has 3 heterocycles. The molecule has 0 unspecified atom stereocenters. The second-order valence-corrected chi connectivity index (χ2v) is 13.3. The molecule has 0 bridgehead atoms. The van der Waals surface area contributed by atoms with Gasteiger partial charge in [0, 0.05) is 38.5 Å². The number of benzene rings is 7. The Morgan fingerprint density at radius 1 is 0.407 bits per heavy atom. The number of pyridine rings is 1. The summed E-state index contributed by atoms with van der Waals surface area (Å²) in [4.78, 5) is 13.6. The predicted octanol–water partition coefficient (Wildman–Crippen LogP) is 13.4. The summed E-state index contributed by atoms with van der Waals surface area (Å²) in [5.74, 6) is 0. The van der Waals surface area contributed by atoms with Gasteiger partial charge in [0.05, 0.1) is 46.6 Å². The van der Waals surface area contributed by atoms with Gasteiger partial charge in [0.15, 0.2) is 0 Å². The zero-order chi connectivity index (χ0) is 36.2. The van der Waals surface area contributed by atoms with Crippen molar-refractivity contribution in [3.05, 3.63) is 199 Å². The van der Waals surface area contributed by atoms with Gasteiger partial charge in [-0.15, -0.1) is 0 Å². The Hall–Kier alpha value is -7.73. The molecule has 5 nitrogen and oxygen atoms in total. The molecule has 0 aliphatic carbocycles. The molecule has 0 aliphatic rings. The molecule has 5 heteroatoms. The molecule has 7 aromatic carbocycles. The second kappa shape index (κ2) is 12.5. The van der Waals surface area contributed by atoms with Gasteiger partial charge in [0.25, 0.3) is 0 Å². The van der Waals surface area contributed by atoms with Gasteiger partial charge in [-0.05, 0) is 53.1 Å². The van der Waals surface area contributed by atoms with E-state index in [2.05, 4.69) is 128 Å². The van der Waals surface area contributed by atoms with Crippen molar-refractivity contribution >= 4 is 55.0 Å². The van der Waals surface area contributed by atoms with Gasteiger partial charge in [0.1, 0.15) is 0 Å². The molecule has 0 atom stereocenters. The Labute approximate surface area is 311 Å². The van der Waals surface area contributed by atoms with Crippen molar-refractivity contribution in [3.8, 4) is 45.0 Å². The van der Waals surface area contributed by atoms with Crippen LogP contribution in [-0.2, 0) is 0 Å². The van der Waals surface area contributed by atoms with Crippen LogP contribution in [0.5, 0.6) is 0 Å². The van der Waals surface area contributed by atoms with Gasteiger partial charge in [-0.2, -0.15) is 0 Å². The van der Waals surface area contributed by atoms with E-state index in [0.717, 1.165) is 60.9 Å². The SMILES string of the molecule is [C-]#[N+]c1c(-c2ccccc2)nc(-c2cccc3c4c(ccc5c6ccccc6n(-c6ccccc6)c54)n(-c4ccccc4)c23)c([N+]#[C-])c1-c1ccccc1. The van der Waals surface area contributed by atoms with Crippen molar-refractivity contribution in [2.24, 2.45) is 0 Å². The lowest BCUT2D eigenvalue weighted by atomic mass is 9.94. The van der Waals surface area contributed by atoms with E-state index in [4.69, 9.17) is 18.1 Å². The Morgan fingerprint density at radius 3 is 1.59 bits per heavy atom. The van der Waals surface area contributed by atoms with Crippen molar-refractivity contribution in [3.63, 3.8) is 0 Å². The first-order valence-electron chi connectivity index (χ1n) is 17.8. The van der Waals surface area contributed by atoms with E-state index in [1.807, 2.05) is 66.7 Å². The van der Waals surface area contributed by atoms with Crippen LogP contribution in [0.2, 0.25) is 0 Å². The third-order valence-corrected chi connectivity index (χ3v) is 10.3. The normalized spacial score (nSPS) is 11.3. The highest BCUT2D eigenvalue weighted by molar-refractivity contribution is 6.27.